The summed E-state index contributed by atoms with van der Waals surface area (Å²) in [7, 11) is -3.53. The summed E-state index contributed by atoms with van der Waals surface area (Å²) in [4.78, 5) is 15.5. The molecule has 3 aliphatic heterocycles. The minimum Gasteiger partial charge on any atom is -0.486 e. The molecule has 0 saturated carbocycles. The highest BCUT2D eigenvalue weighted by Gasteiger charge is 2.32. The summed E-state index contributed by atoms with van der Waals surface area (Å²) in [6, 6.07) is 12.3. The monoisotopic (exact) mass is 470 g/mol. The van der Waals surface area contributed by atoms with Crippen molar-refractivity contribution in [2.45, 2.75) is 43.5 Å². The molecule has 2 aromatic carbocycles. The Balaban J connectivity index is 1.33. The van der Waals surface area contributed by atoms with Crippen molar-refractivity contribution in [3.63, 3.8) is 0 Å². The summed E-state index contributed by atoms with van der Waals surface area (Å²) >= 11 is 0. The second-order valence-corrected chi connectivity index (χ2v) is 11.1. The molecule has 0 aliphatic carbocycles. The van der Waals surface area contributed by atoms with Crippen molar-refractivity contribution in [1.82, 2.24) is 9.21 Å². The molecular weight excluding hydrogens is 440 g/mol. The molecule has 0 bridgehead atoms. The summed E-state index contributed by atoms with van der Waals surface area (Å²) in [5.74, 6) is 1.93. The van der Waals surface area contributed by atoms with E-state index in [1.54, 1.807) is 28.6 Å². The number of fused-ring (bicyclic) bond motifs is 1. The molecule has 1 atom stereocenters. The number of amides is 1. The van der Waals surface area contributed by atoms with Crippen molar-refractivity contribution >= 4 is 15.9 Å². The SMILES string of the molecule is CC1CCN(S(=O)(=O)c2ccc(C(=O)N3CCCC3c3ccc4c(c3)OCCO4)cc2)CC1. The first kappa shape index (κ1) is 22.2. The van der Waals surface area contributed by atoms with Gasteiger partial charge in [0.05, 0.1) is 10.9 Å². The lowest BCUT2D eigenvalue weighted by Gasteiger charge is -2.29. The lowest BCUT2D eigenvalue weighted by atomic mass is 10.0. The van der Waals surface area contributed by atoms with Crippen LogP contribution in [0.25, 0.3) is 0 Å². The number of hydrogen-bond acceptors (Lipinski definition) is 5. The molecular formula is C25H30N2O5S. The summed E-state index contributed by atoms with van der Waals surface area (Å²) in [5.41, 5.74) is 1.54. The van der Waals surface area contributed by atoms with Crippen LogP contribution >= 0.6 is 0 Å². The third kappa shape index (κ3) is 4.34. The molecule has 0 aromatic heterocycles. The topological polar surface area (TPSA) is 76.2 Å². The number of nitrogens with zero attached hydrogens (tertiary/aromatic N) is 2. The Hall–Kier alpha value is -2.58. The third-order valence-corrected chi connectivity index (χ3v) is 8.86. The number of carbonyl (C=O) groups is 1. The van der Waals surface area contributed by atoms with Crippen molar-refractivity contribution in [1.29, 1.82) is 0 Å². The van der Waals surface area contributed by atoms with E-state index in [0.717, 1.165) is 42.7 Å². The van der Waals surface area contributed by atoms with Crippen molar-refractivity contribution < 1.29 is 22.7 Å². The van der Waals surface area contributed by atoms with Gasteiger partial charge in [-0.3, -0.25) is 4.79 Å². The van der Waals surface area contributed by atoms with Gasteiger partial charge in [0.25, 0.3) is 5.91 Å². The highest BCUT2D eigenvalue weighted by molar-refractivity contribution is 7.89. The van der Waals surface area contributed by atoms with Gasteiger partial charge in [-0.1, -0.05) is 13.0 Å². The summed E-state index contributed by atoms with van der Waals surface area (Å²) < 4.78 is 38.9. The normalized spacial score (nSPS) is 21.8. The maximum absolute atomic E-state index is 13.3. The standard InChI is InChI=1S/C25H30N2O5S/c1-18-10-13-26(14-11-18)33(29,30)21-7-4-19(5-8-21)25(28)27-12-2-3-22(27)20-6-9-23-24(17-20)32-16-15-31-23/h4-9,17-18,22H,2-3,10-16H2,1H3. The molecule has 176 valence electrons. The molecule has 2 fully saturated rings. The van der Waals surface area contributed by atoms with Crippen molar-refractivity contribution in [3.05, 3.63) is 53.6 Å². The predicted molar refractivity (Wildman–Crippen MR) is 124 cm³/mol. The molecule has 2 saturated heterocycles. The van der Waals surface area contributed by atoms with Crippen LogP contribution in [0.15, 0.2) is 47.4 Å². The fraction of sp³-hybridized carbons (Fsp3) is 0.480. The maximum atomic E-state index is 13.3. The van der Waals surface area contributed by atoms with Crippen LogP contribution in [0.2, 0.25) is 0 Å². The lowest BCUT2D eigenvalue weighted by molar-refractivity contribution is 0.0735. The van der Waals surface area contributed by atoms with E-state index in [1.807, 2.05) is 23.1 Å². The van der Waals surface area contributed by atoms with Gasteiger partial charge >= 0.3 is 0 Å². The molecule has 3 heterocycles. The van der Waals surface area contributed by atoms with Crippen LogP contribution in [0, 0.1) is 5.92 Å². The molecule has 0 radical (unpaired) electrons. The molecule has 5 rings (SSSR count). The van der Waals surface area contributed by atoms with Crippen LogP contribution in [-0.2, 0) is 10.0 Å². The van der Waals surface area contributed by atoms with E-state index >= 15 is 0 Å². The van der Waals surface area contributed by atoms with Crippen LogP contribution in [0.5, 0.6) is 11.5 Å². The van der Waals surface area contributed by atoms with E-state index in [1.165, 1.54) is 0 Å². The molecule has 33 heavy (non-hydrogen) atoms. The Labute approximate surface area is 195 Å². The van der Waals surface area contributed by atoms with Gasteiger partial charge in [-0.25, -0.2) is 8.42 Å². The zero-order chi connectivity index (χ0) is 23.0. The van der Waals surface area contributed by atoms with Crippen LogP contribution in [-0.4, -0.2) is 56.4 Å². The van der Waals surface area contributed by atoms with Gasteiger partial charge < -0.3 is 14.4 Å². The number of likely N-dealkylation sites (tertiary alicyclic amines) is 1. The molecule has 1 unspecified atom stereocenters. The minimum atomic E-state index is -3.53. The predicted octanol–water partition coefficient (Wildman–Crippen LogP) is 3.86. The largest absolute Gasteiger partial charge is 0.486 e. The molecule has 2 aromatic rings. The second kappa shape index (κ2) is 8.99. The molecule has 3 aliphatic rings. The quantitative estimate of drug-likeness (QED) is 0.678. The fourth-order valence-corrected chi connectivity index (χ4v) is 6.40. The first-order valence-electron chi connectivity index (χ1n) is 11.7. The Kier molecular flexibility index (Phi) is 6.05. The number of benzene rings is 2. The van der Waals surface area contributed by atoms with Gasteiger partial charge in [0.2, 0.25) is 10.0 Å². The van der Waals surface area contributed by atoms with Gasteiger partial charge in [-0.15, -0.1) is 0 Å². The zero-order valence-corrected chi connectivity index (χ0v) is 19.7. The Morgan fingerprint density at radius 3 is 2.33 bits per heavy atom. The summed E-state index contributed by atoms with van der Waals surface area (Å²) in [6.07, 6.45) is 3.56. The number of carbonyl (C=O) groups excluding carboxylic acids is 1. The van der Waals surface area contributed by atoms with Gasteiger partial charge in [0.1, 0.15) is 13.2 Å². The van der Waals surface area contributed by atoms with Crippen LogP contribution in [0.1, 0.15) is 54.6 Å². The number of piperidine rings is 1. The molecule has 1 amide bonds. The van der Waals surface area contributed by atoms with E-state index in [4.69, 9.17) is 9.47 Å². The lowest BCUT2D eigenvalue weighted by Crippen LogP contribution is -2.37. The zero-order valence-electron chi connectivity index (χ0n) is 18.9. The average Bonchev–Trinajstić information content (AvgIpc) is 3.34. The van der Waals surface area contributed by atoms with Gasteiger partial charge in [0.15, 0.2) is 11.5 Å². The maximum Gasteiger partial charge on any atom is 0.254 e. The smallest absolute Gasteiger partial charge is 0.254 e. The van der Waals surface area contributed by atoms with Crippen molar-refractivity contribution in [3.8, 4) is 11.5 Å². The molecule has 0 N–H and O–H groups in total. The Morgan fingerprint density at radius 2 is 1.61 bits per heavy atom. The average molecular weight is 471 g/mol. The van der Waals surface area contributed by atoms with E-state index in [2.05, 4.69) is 6.92 Å². The van der Waals surface area contributed by atoms with E-state index < -0.39 is 10.0 Å². The summed E-state index contributed by atoms with van der Waals surface area (Å²) in [6.45, 7) is 4.99. The Bertz CT molecular complexity index is 1120. The van der Waals surface area contributed by atoms with Gasteiger partial charge in [0, 0.05) is 25.2 Å². The highest BCUT2D eigenvalue weighted by Crippen LogP contribution is 2.38. The Morgan fingerprint density at radius 1 is 0.909 bits per heavy atom. The fourth-order valence-electron chi connectivity index (χ4n) is 4.93. The number of sulfonamides is 1. The van der Waals surface area contributed by atoms with Crippen molar-refractivity contribution in [2.24, 2.45) is 5.92 Å². The molecule has 7 nitrogen and oxygen atoms in total. The molecule has 8 heteroatoms. The second-order valence-electron chi connectivity index (χ2n) is 9.17. The number of ether oxygens (including phenoxy) is 2. The first-order valence-corrected chi connectivity index (χ1v) is 13.2. The number of rotatable bonds is 4. The van der Waals surface area contributed by atoms with Crippen LogP contribution in [0.4, 0.5) is 0 Å². The van der Waals surface area contributed by atoms with Gasteiger partial charge in [-0.2, -0.15) is 4.31 Å². The first-order chi connectivity index (χ1) is 15.9. The summed E-state index contributed by atoms with van der Waals surface area (Å²) in [5, 5.41) is 0. The number of hydrogen-bond donors (Lipinski definition) is 0. The molecule has 0 spiro atoms. The van der Waals surface area contributed by atoms with Crippen LogP contribution < -0.4 is 9.47 Å². The highest BCUT2D eigenvalue weighted by atomic mass is 32.2. The van der Waals surface area contributed by atoms with E-state index in [-0.39, 0.29) is 16.8 Å². The third-order valence-electron chi connectivity index (χ3n) is 6.95. The van der Waals surface area contributed by atoms with Crippen molar-refractivity contribution in [2.75, 3.05) is 32.8 Å². The van der Waals surface area contributed by atoms with E-state index in [9.17, 15) is 13.2 Å². The minimum absolute atomic E-state index is 0.0351. The van der Waals surface area contributed by atoms with Gasteiger partial charge in [-0.05, 0) is 73.6 Å². The van der Waals surface area contributed by atoms with Crippen LogP contribution in [0.3, 0.4) is 0 Å². The van der Waals surface area contributed by atoms with E-state index in [0.29, 0.717) is 44.3 Å².